The summed E-state index contributed by atoms with van der Waals surface area (Å²) >= 11 is 0. The fraction of sp³-hybridized carbons (Fsp3) is 0.200. The van der Waals surface area contributed by atoms with Crippen LogP contribution in [0.15, 0.2) is 60.9 Å². The predicted molar refractivity (Wildman–Crippen MR) is 123 cm³/mol. The van der Waals surface area contributed by atoms with Crippen LogP contribution in [0.25, 0.3) is 16.7 Å². The van der Waals surface area contributed by atoms with Crippen LogP contribution in [0.5, 0.6) is 0 Å². The van der Waals surface area contributed by atoms with Gasteiger partial charge in [0, 0.05) is 46.7 Å². The quantitative estimate of drug-likeness (QED) is 0.354. The van der Waals surface area contributed by atoms with E-state index in [1.54, 1.807) is 12.3 Å². The van der Waals surface area contributed by atoms with E-state index in [-0.39, 0.29) is 12.3 Å². The molecule has 0 aliphatic carbocycles. The van der Waals surface area contributed by atoms with Gasteiger partial charge in [0.1, 0.15) is 11.9 Å². The van der Waals surface area contributed by atoms with E-state index in [2.05, 4.69) is 15.3 Å². The zero-order valence-corrected chi connectivity index (χ0v) is 18.3. The SMILES string of the molecule is Cc1cc(C(=O)CN2C(=O)N[C@@H](Cc3c[nH]c4ccccc34)C2=O)c(C)n1-c1ccccn1. The summed E-state index contributed by atoms with van der Waals surface area (Å²) < 4.78 is 1.89. The molecule has 1 saturated heterocycles. The molecule has 0 spiro atoms. The van der Waals surface area contributed by atoms with Gasteiger partial charge in [-0.3, -0.25) is 14.5 Å². The van der Waals surface area contributed by atoms with Crippen molar-refractivity contribution in [2.45, 2.75) is 26.3 Å². The summed E-state index contributed by atoms with van der Waals surface area (Å²) in [5.74, 6) is 0.0269. The lowest BCUT2D eigenvalue weighted by Crippen LogP contribution is -2.36. The second-order valence-electron chi connectivity index (χ2n) is 8.22. The molecular formula is C25H23N5O3. The number of rotatable bonds is 6. The van der Waals surface area contributed by atoms with Crippen molar-refractivity contribution < 1.29 is 14.4 Å². The lowest BCUT2D eigenvalue weighted by atomic mass is 10.0. The molecule has 4 heterocycles. The second-order valence-corrected chi connectivity index (χ2v) is 8.22. The summed E-state index contributed by atoms with van der Waals surface area (Å²) in [5.41, 5.74) is 3.96. The standard InChI is InChI=1S/C25H23N5O3/c1-15-11-19(16(2)30(15)23-9-5-6-10-26-23)22(31)14-29-24(32)21(28-25(29)33)12-17-13-27-20-8-4-3-7-18(17)20/h3-11,13,21,27H,12,14H2,1-2H3,(H,28,33)/t21-/m0/s1. The topological polar surface area (TPSA) is 100 Å². The number of carbonyl (C=O) groups excluding carboxylic acids is 3. The van der Waals surface area contributed by atoms with E-state index < -0.39 is 18.0 Å². The van der Waals surface area contributed by atoms with Crippen molar-refractivity contribution in [1.29, 1.82) is 0 Å². The van der Waals surface area contributed by atoms with E-state index in [1.807, 2.05) is 67.1 Å². The lowest BCUT2D eigenvalue weighted by Gasteiger charge is -2.13. The largest absolute Gasteiger partial charge is 0.361 e. The van der Waals surface area contributed by atoms with Crippen molar-refractivity contribution in [3.63, 3.8) is 0 Å². The van der Waals surface area contributed by atoms with Gasteiger partial charge in [-0.2, -0.15) is 0 Å². The number of H-pyrrole nitrogens is 1. The number of fused-ring (bicyclic) bond motifs is 1. The highest BCUT2D eigenvalue weighted by Gasteiger charge is 2.39. The van der Waals surface area contributed by atoms with E-state index in [0.717, 1.165) is 32.8 Å². The van der Waals surface area contributed by atoms with Crippen LogP contribution in [0, 0.1) is 13.8 Å². The molecule has 0 unspecified atom stereocenters. The minimum absolute atomic E-state index is 0.290. The summed E-state index contributed by atoms with van der Waals surface area (Å²) in [5, 5.41) is 3.74. The third kappa shape index (κ3) is 3.59. The first kappa shape index (κ1) is 20.7. The number of benzene rings is 1. The molecule has 0 radical (unpaired) electrons. The van der Waals surface area contributed by atoms with E-state index in [4.69, 9.17) is 0 Å². The molecule has 1 aliphatic heterocycles. The monoisotopic (exact) mass is 441 g/mol. The van der Waals surface area contributed by atoms with Crippen molar-refractivity contribution in [2.75, 3.05) is 6.54 Å². The first-order valence-electron chi connectivity index (χ1n) is 10.7. The number of urea groups is 1. The summed E-state index contributed by atoms with van der Waals surface area (Å²) in [7, 11) is 0. The Bertz CT molecular complexity index is 1390. The van der Waals surface area contributed by atoms with Crippen LogP contribution < -0.4 is 5.32 Å². The number of carbonyl (C=O) groups is 3. The zero-order chi connectivity index (χ0) is 23.1. The highest BCUT2D eigenvalue weighted by molar-refractivity contribution is 6.09. The minimum atomic E-state index is -0.703. The maximum absolute atomic E-state index is 13.1. The van der Waals surface area contributed by atoms with Gasteiger partial charge in [-0.05, 0) is 43.7 Å². The maximum Gasteiger partial charge on any atom is 0.325 e. The predicted octanol–water partition coefficient (Wildman–Crippen LogP) is 3.32. The van der Waals surface area contributed by atoms with Gasteiger partial charge in [-0.15, -0.1) is 0 Å². The van der Waals surface area contributed by atoms with Crippen LogP contribution in [-0.4, -0.2) is 49.7 Å². The Balaban J connectivity index is 1.34. The molecule has 5 rings (SSSR count). The number of imide groups is 1. The van der Waals surface area contributed by atoms with Crippen molar-refractivity contribution in [3.05, 3.63) is 83.4 Å². The number of pyridine rings is 1. The van der Waals surface area contributed by atoms with Crippen LogP contribution >= 0.6 is 0 Å². The first-order valence-corrected chi connectivity index (χ1v) is 10.7. The fourth-order valence-corrected chi connectivity index (χ4v) is 4.50. The molecule has 3 amide bonds. The molecule has 3 aromatic heterocycles. The number of nitrogens with zero attached hydrogens (tertiary/aromatic N) is 3. The molecule has 0 saturated carbocycles. The molecule has 4 aromatic rings. The number of hydrogen-bond acceptors (Lipinski definition) is 4. The Morgan fingerprint density at radius 1 is 1.09 bits per heavy atom. The maximum atomic E-state index is 13.1. The van der Waals surface area contributed by atoms with E-state index >= 15 is 0 Å². The van der Waals surface area contributed by atoms with E-state index in [9.17, 15) is 14.4 Å². The minimum Gasteiger partial charge on any atom is -0.361 e. The molecular weight excluding hydrogens is 418 g/mol. The number of aromatic nitrogens is 3. The number of Topliss-reactive ketones (excluding diaryl/α,β-unsaturated/α-hetero) is 1. The van der Waals surface area contributed by atoms with Gasteiger partial charge in [0.2, 0.25) is 0 Å². The van der Waals surface area contributed by atoms with Gasteiger partial charge in [0.15, 0.2) is 5.78 Å². The van der Waals surface area contributed by atoms with Gasteiger partial charge in [0.05, 0.1) is 6.54 Å². The number of hydrogen-bond donors (Lipinski definition) is 2. The smallest absolute Gasteiger partial charge is 0.325 e. The number of aromatic amines is 1. The van der Waals surface area contributed by atoms with Crippen molar-refractivity contribution in [1.82, 2.24) is 24.8 Å². The Hall–Kier alpha value is -4.20. The zero-order valence-electron chi connectivity index (χ0n) is 18.3. The average Bonchev–Trinajstić information content (AvgIpc) is 3.44. The molecule has 0 bridgehead atoms. The van der Waals surface area contributed by atoms with Crippen molar-refractivity contribution in [2.24, 2.45) is 0 Å². The van der Waals surface area contributed by atoms with Gasteiger partial charge in [-0.1, -0.05) is 24.3 Å². The van der Waals surface area contributed by atoms with Crippen LogP contribution in [-0.2, 0) is 11.2 Å². The highest BCUT2D eigenvalue weighted by atomic mass is 16.2. The normalized spacial score (nSPS) is 15.9. The van der Waals surface area contributed by atoms with Crippen LogP contribution in [0.3, 0.4) is 0 Å². The Morgan fingerprint density at radius 3 is 2.67 bits per heavy atom. The van der Waals surface area contributed by atoms with Crippen LogP contribution in [0.2, 0.25) is 0 Å². The lowest BCUT2D eigenvalue weighted by molar-refractivity contribution is -0.127. The molecule has 1 fully saturated rings. The number of ketones is 1. The van der Waals surface area contributed by atoms with Gasteiger partial charge < -0.3 is 14.9 Å². The van der Waals surface area contributed by atoms with Crippen molar-refractivity contribution in [3.8, 4) is 5.82 Å². The highest BCUT2D eigenvalue weighted by Crippen LogP contribution is 2.23. The molecule has 33 heavy (non-hydrogen) atoms. The van der Waals surface area contributed by atoms with E-state index in [1.165, 1.54) is 0 Å². The molecule has 8 nitrogen and oxygen atoms in total. The molecule has 8 heteroatoms. The van der Waals surface area contributed by atoms with E-state index in [0.29, 0.717) is 17.8 Å². The third-order valence-electron chi connectivity index (χ3n) is 6.12. The summed E-state index contributed by atoms with van der Waals surface area (Å²) in [6.45, 7) is 3.42. The van der Waals surface area contributed by atoms with Crippen LogP contribution in [0.4, 0.5) is 4.79 Å². The Kier molecular flexibility index (Phi) is 5.05. The van der Waals surface area contributed by atoms with Crippen molar-refractivity contribution >= 4 is 28.6 Å². The number of aryl methyl sites for hydroxylation is 1. The Labute approximate surface area is 190 Å². The molecule has 2 N–H and O–H groups in total. The summed E-state index contributed by atoms with van der Waals surface area (Å²) in [4.78, 5) is 47.2. The molecule has 166 valence electrons. The summed E-state index contributed by atoms with van der Waals surface area (Å²) in [6, 6.07) is 13.9. The number of para-hydroxylation sites is 1. The van der Waals surface area contributed by atoms with Gasteiger partial charge in [-0.25, -0.2) is 9.78 Å². The number of amides is 3. The fourth-order valence-electron chi connectivity index (χ4n) is 4.50. The summed E-state index contributed by atoms with van der Waals surface area (Å²) in [6.07, 6.45) is 3.90. The second kappa shape index (κ2) is 8.05. The third-order valence-corrected chi connectivity index (χ3v) is 6.12. The molecule has 1 aliphatic rings. The molecule has 1 atom stereocenters. The number of nitrogens with one attached hydrogen (secondary N) is 2. The van der Waals surface area contributed by atoms with Gasteiger partial charge in [0.25, 0.3) is 5.91 Å². The Morgan fingerprint density at radius 2 is 1.88 bits per heavy atom. The van der Waals surface area contributed by atoms with Crippen LogP contribution in [0.1, 0.15) is 27.3 Å². The first-order chi connectivity index (χ1) is 15.9. The van der Waals surface area contributed by atoms with Gasteiger partial charge >= 0.3 is 6.03 Å². The molecule has 1 aromatic carbocycles. The average molecular weight is 441 g/mol.